The molecule has 0 radical (unpaired) electrons. The number of aromatic nitrogens is 2. The Kier molecular flexibility index (Phi) is 4.03. The van der Waals surface area contributed by atoms with Crippen LogP contribution in [0.2, 0.25) is 0 Å². The number of hydrogen-bond donors (Lipinski definition) is 0. The summed E-state index contributed by atoms with van der Waals surface area (Å²) in [6.45, 7) is 3.23. The Bertz CT molecular complexity index is 1070. The van der Waals surface area contributed by atoms with Crippen LogP contribution in [0.5, 0.6) is 0 Å². The summed E-state index contributed by atoms with van der Waals surface area (Å²) in [7, 11) is 2.25. The number of fused-ring (bicyclic) bond motifs is 1. The van der Waals surface area contributed by atoms with Gasteiger partial charge in [0, 0.05) is 42.7 Å². The fraction of sp³-hybridized carbons (Fsp3) is 0.522. The molecule has 1 aromatic carbocycles. The summed E-state index contributed by atoms with van der Waals surface area (Å²) in [5, 5.41) is 0. The molecule has 2 aliphatic heterocycles. The molecule has 6 rings (SSSR count). The van der Waals surface area contributed by atoms with Gasteiger partial charge in [-0.25, -0.2) is 4.98 Å². The van der Waals surface area contributed by atoms with Gasteiger partial charge in [0.25, 0.3) is 0 Å². The minimum Gasteiger partial charge on any atom is -0.368 e. The first-order chi connectivity index (χ1) is 14.6. The molecule has 2 aromatic rings. The molecule has 1 atom stereocenters. The van der Waals surface area contributed by atoms with E-state index in [-0.39, 0.29) is 12.1 Å². The van der Waals surface area contributed by atoms with Crippen LogP contribution in [0.1, 0.15) is 31.4 Å². The van der Waals surface area contributed by atoms with Crippen LogP contribution in [0.25, 0.3) is 11.0 Å². The van der Waals surface area contributed by atoms with Gasteiger partial charge in [-0.1, -0.05) is 0 Å². The Hall–Kier alpha value is -2.67. The van der Waals surface area contributed by atoms with Crippen molar-refractivity contribution in [1.29, 1.82) is 0 Å². The van der Waals surface area contributed by atoms with Crippen molar-refractivity contribution in [1.82, 2.24) is 14.9 Å². The van der Waals surface area contributed by atoms with E-state index in [1.54, 1.807) is 6.20 Å². The van der Waals surface area contributed by atoms with Gasteiger partial charge in [0.15, 0.2) is 0 Å². The molecule has 2 aliphatic carbocycles. The summed E-state index contributed by atoms with van der Waals surface area (Å²) < 4.78 is 0. The second kappa shape index (κ2) is 6.67. The third-order valence-corrected chi connectivity index (χ3v) is 7.43. The van der Waals surface area contributed by atoms with Crippen molar-refractivity contribution in [3.05, 3.63) is 30.1 Å². The molecule has 154 valence electrons. The van der Waals surface area contributed by atoms with Crippen molar-refractivity contribution in [3.63, 3.8) is 0 Å². The average molecular weight is 403 g/mol. The van der Waals surface area contributed by atoms with Crippen LogP contribution in [0.15, 0.2) is 34.4 Å². The first kappa shape index (κ1) is 18.1. The van der Waals surface area contributed by atoms with E-state index in [0.29, 0.717) is 11.5 Å². The maximum atomic E-state index is 10.9. The Balaban J connectivity index is 1.24. The predicted octanol–water partition coefficient (Wildman–Crippen LogP) is 2.34. The van der Waals surface area contributed by atoms with Gasteiger partial charge < -0.3 is 9.69 Å². The van der Waals surface area contributed by atoms with E-state index in [1.807, 2.05) is 6.21 Å². The molecule has 7 heteroatoms. The highest BCUT2D eigenvalue weighted by Gasteiger charge is 2.49. The molecule has 0 N–H and O–H groups in total. The van der Waals surface area contributed by atoms with Crippen molar-refractivity contribution in [2.75, 3.05) is 31.6 Å². The highest BCUT2D eigenvalue weighted by atomic mass is 16.1. The molecule has 0 amide bonds. The second-order valence-corrected chi connectivity index (χ2v) is 9.33. The Labute approximate surface area is 175 Å². The van der Waals surface area contributed by atoms with Gasteiger partial charge >= 0.3 is 0 Å². The number of rotatable bonds is 4. The quantitative estimate of drug-likeness (QED) is 0.734. The number of benzene rings is 1. The number of hydrogen-bond acceptors (Lipinski definition) is 7. The summed E-state index contributed by atoms with van der Waals surface area (Å²) in [4.78, 5) is 34.7. The number of piperazine rings is 1. The standard InChI is InChI=1S/C23H26N6O/c1-28-6-7-29(14-23(28)4-5-23)17-2-3-18-19(10-17)26-20(11-24-18)21-12-25-22(27-21)16-8-15(9-16)13-30/h2-3,10-13,15-16,22H,4-9,14H2,1H3. The van der Waals surface area contributed by atoms with E-state index in [9.17, 15) is 4.79 Å². The number of carbonyl (C=O) groups excluding carboxylic acids is 1. The van der Waals surface area contributed by atoms with Gasteiger partial charge in [0.05, 0.1) is 23.4 Å². The SMILES string of the molecule is CN1CCN(c2ccc3ncc(C4=NC(C5CC(C=O)C5)N=C4)nc3c2)CC12CC2. The monoisotopic (exact) mass is 402 g/mol. The summed E-state index contributed by atoms with van der Waals surface area (Å²) >= 11 is 0. The average Bonchev–Trinajstić information content (AvgIpc) is 3.34. The Morgan fingerprint density at radius 3 is 2.83 bits per heavy atom. The maximum absolute atomic E-state index is 10.9. The molecule has 4 aliphatic rings. The van der Waals surface area contributed by atoms with E-state index in [0.717, 1.165) is 61.2 Å². The summed E-state index contributed by atoms with van der Waals surface area (Å²) in [5.41, 5.74) is 4.98. The van der Waals surface area contributed by atoms with E-state index in [2.05, 4.69) is 45.0 Å². The number of nitrogens with zero attached hydrogens (tertiary/aromatic N) is 6. The summed E-state index contributed by atoms with van der Waals surface area (Å²) in [6.07, 6.45) is 8.97. The van der Waals surface area contributed by atoms with Crippen LogP contribution in [-0.2, 0) is 4.79 Å². The lowest BCUT2D eigenvalue weighted by Gasteiger charge is -2.41. The van der Waals surface area contributed by atoms with Gasteiger partial charge in [-0.15, -0.1) is 0 Å². The van der Waals surface area contributed by atoms with E-state index < -0.39 is 0 Å². The fourth-order valence-corrected chi connectivity index (χ4v) is 5.07. The van der Waals surface area contributed by atoms with Crippen molar-refractivity contribution in [2.45, 2.75) is 37.4 Å². The molecule has 0 bridgehead atoms. The molecular weight excluding hydrogens is 376 g/mol. The molecule has 1 saturated heterocycles. The summed E-state index contributed by atoms with van der Waals surface area (Å²) in [5.74, 6) is 0.564. The molecule has 1 unspecified atom stereocenters. The van der Waals surface area contributed by atoms with E-state index in [1.165, 1.54) is 18.5 Å². The van der Waals surface area contributed by atoms with Gasteiger partial charge in [0.2, 0.25) is 0 Å². The minimum absolute atomic E-state index is 0.0693. The van der Waals surface area contributed by atoms with Gasteiger partial charge in [-0.05, 0) is 50.9 Å². The van der Waals surface area contributed by atoms with Gasteiger partial charge in [-0.2, -0.15) is 0 Å². The third kappa shape index (κ3) is 2.95. The lowest BCUT2D eigenvalue weighted by molar-refractivity contribution is -0.114. The topological polar surface area (TPSA) is 74.0 Å². The van der Waals surface area contributed by atoms with Crippen LogP contribution < -0.4 is 4.90 Å². The first-order valence-electron chi connectivity index (χ1n) is 10.9. The van der Waals surface area contributed by atoms with Crippen LogP contribution in [0.4, 0.5) is 5.69 Å². The van der Waals surface area contributed by atoms with Crippen molar-refractivity contribution in [3.8, 4) is 0 Å². The molecular formula is C23H26N6O. The maximum Gasteiger partial charge on any atom is 0.143 e. The largest absolute Gasteiger partial charge is 0.368 e. The number of likely N-dealkylation sites (N-methyl/N-ethyl adjacent to an activating group) is 1. The molecule has 1 aromatic heterocycles. The smallest absolute Gasteiger partial charge is 0.143 e. The molecule has 7 nitrogen and oxygen atoms in total. The van der Waals surface area contributed by atoms with E-state index in [4.69, 9.17) is 9.98 Å². The summed E-state index contributed by atoms with van der Waals surface area (Å²) in [6, 6.07) is 6.40. The zero-order chi connectivity index (χ0) is 20.3. The van der Waals surface area contributed by atoms with Crippen LogP contribution in [-0.4, -0.2) is 71.5 Å². The van der Waals surface area contributed by atoms with Gasteiger partial charge in [-0.3, -0.25) is 19.9 Å². The molecule has 30 heavy (non-hydrogen) atoms. The predicted molar refractivity (Wildman–Crippen MR) is 117 cm³/mol. The third-order valence-electron chi connectivity index (χ3n) is 7.43. The Morgan fingerprint density at radius 1 is 1.17 bits per heavy atom. The normalized spacial score (nSPS) is 29.8. The molecule has 1 spiro atoms. The van der Waals surface area contributed by atoms with Crippen LogP contribution >= 0.6 is 0 Å². The highest BCUT2D eigenvalue weighted by molar-refractivity contribution is 6.38. The molecule has 3 fully saturated rings. The van der Waals surface area contributed by atoms with E-state index >= 15 is 0 Å². The van der Waals surface area contributed by atoms with Crippen LogP contribution in [0.3, 0.4) is 0 Å². The van der Waals surface area contributed by atoms with Gasteiger partial charge in [0.1, 0.15) is 23.9 Å². The lowest BCUT2D eigenvalue weighted by Crippen LogP contribution is -2.53. The zero-order valence-electron chi connectivity index (χ0n) is 17.2. The zero-order valence-corrected chi connectivity index (χ0v) is 17.2. The highest BCUT2D eigenvalue weighted by Crippen LogP contribution is 2.44. The number of anilines is 1. The van der Waals surface area contributed by atoms with Crippen molar-refractivity contribution in [2.24, 2.45) is 21.8 Å². The minimum atomic E-state index is -0.0693. The number of aliphatic imine (C=N–C) groups is 2. The van der Waals surface area contributed by atoms with Crippen LogP contribution in [0, 0.1) is 11.8 Å². The molecule has 2 saturated carbocycles. The fourth-order valence-electron chi connectivity index (χ4n) is 5.07. The van der Waals surface area contributed by atoms with Crippen molar-refractivity contribution < 1.29 is 4.79 Å². The number of aldehydes is 1. The Morgan fingerprint density at radius 2 is 2.03 bits per heavy atom. The lowest BCUT2D eigenvalue weighted by atomic mass is 9.74. The first-order valence-corrected chi connectivity index (χ1v) is 10.9. The molecule has 3 heterocycles. The van der Waals surface area contributed by atoms with Crippen molar-refractivity contribution >= 4 is 34.9 Å². The number of carbonyl (C=O) groups is 1. The second-order valence-electron chi connectivity index (χ2n) is 9.33.